The topological polar surface area (TPSA) is 85.6 Å². The highest BCUT2D eigenvalue weighted by Crippen LogP contribution is 2.22. The van der Waals surface area contributed by atoms with Crippen molar-refractivity contribution in [3.05, 3.63) is 62.6 Å². The first-order chi connectivity index (χ1) is 12.4. The van der Waals surface area contributed by atoms with Crippen LogP contribution in [0.25, 0.3) is 11.0 Å². The lowest BCUT2D eigenvalue weighted by Gasteiger charge is -2.08. The molecule has 0 unspecified atom stereocenters. The van der Waals surface area contributed by atoms with Gasteiger partial charge in [0.1, 0.15) is 21.8 Å². The quantitative estimate of drug-likeness (QED) is 0.422. The van der Waals surface area contributed by atoms with Gasteiger partial charge in [0.05, 0.1) is 0 Å². The fraction of sp³-hybridized carbons (Fsp3) is 0.211. The number of thiophene rings is 1. The van der Waals surface area contributed by atoms with Crippen molar-refractivity contribution >= 4 is 34.2 Å². The van der Waals surface area contributed by atoms with Crippen LogP contribution < -0.4 is 15.7 Å². The van der Waals surface area contributed by atoms with Crippen molar-refractivity contribution in [2.45, 2.75) is 13.8 Å². The highest BCUT2D eigenvalue weighted by atomic mass is 32.1. The zero-order chi connectivity index (χ0) is 18.7. The zero-order valence-electron chi connectivity index (χ0n) is 14.3. The minimum absolute atomic E-state index is 0.0542. The number of hydrogen-bond donors (Lipinski definition) is 1. The number of carbonyl (C=O) groups is 2. The first-order valence-electron chi connectivity index (χ1n) is 8.06. The van der Waals surface area contributed by atoms with Gasteiger partial charge in [-0.05, 0) is 35.6 Å². The van der Waals surface area contributed by atoms with Crippen molar-refractivity contribution in [1.29, 1.82) is 0 Å². The monoisotopic (exact) mass is 371 g/mol. The molecule has 2 heterocycles. The van der Waals surface area contributed by atoms with Crippen LogP contribution in [0.2, 0.25) is 0 Å². The van der Waals surface area contributed by atoms with Crippen LogP contribution in [0, 0.1) is 5.92 Å². The Morgan fingerprint density at radius 1 is 1.23 bits per heavy atom. The molecule has 0 bridgehead atoms. The van der Waals surface area contributed by atoms with E-state index in [0.717, 1.165) is 0 Å². The van der Waals surface area contributed by atoms with E-state index in [-0.39, 0.29) is 22.8 Å². The van der Waals surface area contributed by atoms with Gasteiger partial charge in [-0.15, -0.1) is 11.3 Å². The lowest BCUT2D eigenvalue weighted by Crippen LogP contribution is -2.31. The number of fused-ring (bicyclic) bond motifs is 1. The summed E-state index contributed by atoms with van der Waals surface area (Å²) in [5.41, 5.74) is -0.547. The molecule has 0 aliphatic heterocycles. The number of amides is 1. The van der Waals surface area contributed by atoms with E-state index < -0.39 is 17.5 Å². The summed E-state index contributed by atoms with van der Waals surface area (Å²) in [4.78, 5) is 36.7. The molecule has 1 amide bonds. The molecule has 1 aromatic carbocycles. The Morgan fingerprint density at radius 2 is 2.04 bits per heavy atom. The maximum absolute atomic E-state index is 12.1. The highest BCUT2D eigenvalue weighted by molar-refractivity contribution is 7.12. The van der Waals surface area contributed by atoms with Gasteiger partial charge in [-0.1, -0.05) is 19.9 Å². The number of benzene rings is 1. The van der Waals surface area contributed by atoms with E-state index in [2.05, 4.69) is 5.32 Å². The van der Waals surface area contributed by atoms with Crippen LogP contribution in [0.5, 0.6) is 5.75 Å². The number of nitrogens with one attached hydrogen (secondary N) is 1. The maximum atomic E-state index is 12.1. The van der Waals surface area contributed by atoms with E-state index in [1.54, 1.807) is 29.6 Å². The Hall–Kier alpha value is -2.93. The van der Waals surface area contributed by atoms with Gasteiger partial charge in [-0.2, -0.15) is 0 Å². The number of ether oxygens (including phenoxy) is 1. The number of rotatable bonds is 5. The van der Waals surface area contributed by atoms with Gasteiger partial charge in [-0.3, -0.25) is 4.79 Å². The summed E-state index contributed by atoms with van der Waals surface area (Å²) in [5.74, 6) is -0.419. The van der Waals surface area contributed by atoms with Gasteiger partial charge in [-0.25, -0.2) is 9.59 Å². The number of carbonyl (C=O) groups excluding carboxylic acids is 2. The lowest BCUT2D eigenvalue weighted by atomic mass is 10.1. The molecule has 0 aliphatic rings. The predicted octanol–water partition coefficient (Wildman–Crippen LogP) is 3.46. The Kier molecular flexibility index (Phi) is 5.18. The molecule has 0 saturated carbocycles. The Bertz CT molecular complexity index is 1000. The minimum atomic E-state index is -0.736. The van der Waals surface area contributed by atoms with Crippen LogP contribution in [-0.4, -0.2) is 18.4 Å². The van der Waals surface area contributed by atoms with Crippen molar-refractivity contribution in [3.63, 3.8) is 0 Å². The van der Waals surface area contributed by atoms with E-state index in [4.69, 9.17) is 9.15 Å². The van der Waals surface area contributed by atoms with Crippen molar-refractivity contribution < 1.29 is 18.7 Å². The standard InChI is InChI=1S/C19H17NO5S/c1-11(2)10-20-17(21)14-8-12-5-6-13(9-15(12)25-18(14)22)24-19(23)16-4-3-7-26-16/h3-9,11H,10H2,1-2H3,(H,20,21). The highest BCUT2D eigenvalue weighted by Gasteiger charge is 2.15. The second-order valence-corrected chi connectivity index (χ2v) is 7.07. The molecule has 0 aliphatic carbocycles. The number of hydrogen-bond acceptors (Lipinski definition) is 6. The molecule has 3 rings (SSSR count). The van der Waals surface area contributed by atoms with Crippen molar-refractivity contribution in [2.24, 2.45) is 5.92 Å². The van der Waals surface area contributed by atoms with Crippen LogP contribution in [0.3, 0.4) is 0 Å². The smallest absolute Gasteiger partial charge is 0.353 e. The van der Waals surface area contributed by atoms with E-state index in [1.165, 1.54) is 23.5 Å². The Morgan fingerprint density at radius 3 is 2.73 bits per heavy atom. The molecular formula is C19H17NO5S. The molecule has 0 atom stereocenters. The molecule has 0 fully saturated rings. The van der Waals surface area contributed by atoms with Crippen LogP contribution in [-0.2, 0) is 0 Å². The minimum Gasteiger partial charge on any atom is -0.422 e. The van der Waals surface area contributed by atoms with Crippen LogP contribution in [0.1, 0.15) is 33.9 Å². The summed E-state index contributed by atoms with van der Waals surface area (Å²) in [6, 6.07) is 9.57. The molecule has 3 aromatic rings. The van der Waals surface area contributed by atoms with Crippen LogP contribution >= 0.6 is 11.3 Å². The van der Waals surface area contributed by atoms with Gasteiger partial charge in [0, 0.05) is 18.0 Å². The number of esters is 1. The largest absolute Gasteiger partial charge is 0.422 e. The van der Waals surface area contributed by atoms with Gasteiger partial charge in [0.2, 0.25) is 0 Å². The van der Waals surface area contributed by atoms with Crippen molar-refractivity contribution in [3.8, 4) is 5.75 Å². The second kappa shape index (κ2) is 7.53. The van der Waals surface area contributed by atoms with Crippen molar-refractivity contribution in [1.82, 2.24) is 5.32 Å². The Labute approximate surface area is 153 Å². The van der Waals surface area contributed by atoms with Gasteiger partial charge < -0.3 is 14.5 Å². The first-order valence-corrected chi connectivity index (χ1v) is 8.94. The molecule has 2 aromatic heterocycles. The molecule has 0 saturated heterocycles. The molecule has 0 spiro atoms. The third-order valence-electron chi connectivity index (χ3n) is 3.56. The molecule has 1 N–H and O–H groups in total. The average molecular weight is 371 g/mol. The second-order valence-electron chi connectivity index (χ2n) is 6.12. The van der Waals surface area contributed by atoms with E-state index in [1.807, 2.05) is 13.8 Å². The SMILES string of the molecule is CC(C)CNC(=O)c1cc2ccc(OC(=O)c3cccs3)cc2oc1=O. The fourth-order valence-corrected chi connectivity index (χ4v) is 2.86. The third-order valence-corrected chi connectivity index (χ3v) is 4.41. The van der Waals surface area contributed by atoms with E-state index in [9.17, 15) is 14.4 Å². The van der Waals surface area contributed by atoms with Crippen LogP contribution in [0.4, 0.5) is 0 Å². The maximum Gasteiger partial charge on any atom is 0.353 e. The van der Waals surface area contributed by atoms with Gasteiger partial charge in [0.15, 0.2) is 0 Å². The summed E-state index contributed by atoms with van der Waals surface area (Å²) in [6.45, 7) is 4.39. The predicted molar refractivity (Wildman–Crippen MR) is 98.9 cm³/mol. The normalized spacial score (nSPS) is 10.9. The van der Waals surface area contributed by atoms with Gasteiger partial charge in [0.25, 0.3) is 5.91 Å². The lowest BCUT2D eigenvalue weighted by molar-refractivity contribution is 0.0739. The molecule has 134 valence electrons. The molecule has 7 heteroatoms. The summed E-state index contributed by atoms with van der Waals surface area (Å²) in [7, 11) is 0. The zero-order valence-corrected chi connectivity index (χ0v) is 15.1. The molecular weight excluding hydrogens is 354 g/mol. The molecule has 6 nitrogen and oxygen atoms in total. The molecule has 0 radical (unpaired) electrons. The van der Waals surface area contributed by atoms with E-state index >= 15 is 0 Å². The van der Waals surface area contributed by atoms with Crippen LogP contribution in [0.15, 0.2) is 51.0 Å². The fourth-order valence-electron chi connectivity index (χ4n) is 2.26. The molecule has 26 heavy (non-hydrogen) atoms. The first kappa shape index (κ1) is 17.9. The van der Waals surface area contributed by atoms with Gasteiger partial charge >= 0.3 is 11.6 Å². The van der Waals surface area contributed by atoms with E-state index in [0.29, 0.717) is 16.8 Å². The third kappa shape index (κ3) is 4.00. The summed E-state index contributed by atoms with van der Waals surface area (Å²) in [6.07, 6.45) is 0. The Balaban J connectivity index is 1.85. The summed E-state index contributed by atoms with van der Waals surface area (Å²) in [5, 5.41) is 5.03. The summed E-state index contributed by atoms with van der Waals surface area (Å²) < 4.78 is 10.5. The summed E-state index contributed by atoms with van der Waals surface area (Å²) >= 11 is 1.28. The average Bonchev–Trinajstić information content (AvgIpc) is 3.13. The van der Waals surface area contributed by atoms with Crippen molar-refractivity contribution in [2.75, 3.05) is 6.54 Å².